The van der Waals surface area contributed by atoms with Crippen LogP contribution < -0.4 is 4.90 Å². The Balaban J connectivity index is 2.40. The summed E-state index contributed by atoms with van der Waals surface area (Å²) in [5.41, 5.74) is 1.20. The van der Waals surface area contributed by atoms with E-state index in [1.165, 1.54) is 5.69 Å². The fourth-order valence-electron chi connectivity index (χ4n) is 2.57. The van der Waals surface area contributed by atoms with Crippen LogP contribution in [0.15, 0.2) is 30.3 Å². The van der Waals surface area contributed by atoms with E-state index in [4.69, 9.17) is 5.41 Å². The molecule has 0 bridgehead atoms. The molecule has 0 radical (unpaired) electrons. The first-order valence-corrected chi connectivity index (χ1v) is 6.18. The van der Waals surface area contributed by atoms with Gasteiger partial charge in [0.2, 0.25) is 0 Å². The molecule has 1 aromatic rings. The molecular formula is C14H21N3. The zero-order valence-electron chi connectivity index (χ0n) is 11.0. The zero-order chi connectivity index (χ0) is 12.6. The van der Waals surface area contributed by atoms with E-state index in [9.17, 15) is 0 Å². The summed E-state index contributed by atoms with van der Waals surface area (Å²) in [6.45, 7) is 6.52. The smallest absolute Gasteiger partial charge is 0.121 e. The number of anilines is 1. The summed E-state index contributed by atoms with van der Waals surface area (Å²) in [6.07, 6.45) is 0.247. The predicted octanol–water partition coefficient (Wildman–Crippen LogP) is 2.79. The maximum Gasteiger partial charge on any atom is 0.121 e. The lowest BCUT2D eigenvalue weighted by atomic mass is 10.0. The van der Waals surface area contributed by atoms with Crippen LogP contribution in [0.2, 0.25) is 0 Å². The molecule has 0 amide bonds. The van der Waals surface area contributed by atoms with Crippen LogP contribution in [0.4, 0.5) is 5.69 Å². The van der Waals surface area contributed by atoms with Crippen molar-refractivity contribution in [3.8, 4) is 0 Å². The van der Waals surface area contributed by atoms with Gasteiger partial charge in [-0.2, -0.15) is 0 Å². The number of likely N-dealkylation sites (N-methyl/N-ethyl adjacent to an activating group) is 1. The third-order valence-corrected chi connectivity index (χ3v) is 3.61. The molecule has 1 N–H and O–H groups in total. The van der Waals surface area contributed by atoms with Crippen LogP contribution in [0.5, 0.6) is 0 Å². The number of amidine groups is 1. The molecule has 17 heavy (non-hydrogen) atoms. The first-order valence-electron chi connectivity index (χ1n) is 6.18. The third kappa shape index (κ3) is 1.90. The summed E-state index contributed by atoms with van der Waals surface area (Å²) >= 11 is 0. The average molecular weight is 231 g/mol. The minimum Gasteiger partial charge on any atom is -0.342 e. The number of nitrogens with zero attached hydrogens (tertiary/aromatic N) is 2. The molecule has 1 heterocycles. The molecule has 0 aliphatic carbocycles. The topological polar surface area (TPSA) is 30.3 Å². The Morgan fingerprint density at radius 2 is 1.76 bits per heavy atom. The van der Waals surface area contributed by atoms with Crippen LogP contribution >= 0.6 is 0 Å². The van der Waals surface area contributed by atoms with Gasteiger partial charge in [-0.25, -0.2) is 0 Å². The second-order valence-corrected chi connectivity index (χ2v) is 5.06. The highest BCUT2D eigenvalue weighted by Crippen LogP contribution is 2.31. The predicted molar refractivity (Wildman–Crippen MR) is 72.5 cm³/mol. The van der Waals surface area contributed by atoms with Crippen LogP contribution in [0.1, 0.15) is 20.8 Å². The Bertz CT molecular complexity index is 399. The molecule has 3 heteroatoms. The van der Waals surface area contributed by atoms with Gasteiger partial charge < -0.3 is 9.80 Å². The minimum absolute atomic E-state index is 0.178. The molecule has 1 saturated heterocycles. The SMILES string of the molecule is CC(C)C1C(=N)N(C)C(C)N1c1ccccc1. The van der Waals surface area contributed by atoms with Crippen molar-refractivity contribution in [1.29, 1.82) is 5.41 Å². The highest BCUT2D eigenvalue weighted by molar-refractivity contribution is 5.91. The molecular weight excluding hydrogens is 210 g/mol. The fourth-order valence-corrected chi connectivity index (χ4v) is 2.57. The summed E-state index contributed by atoms with van der Waals surface area (Å²) in [5, 5.41) is 8.24. The molecule has 2 unspecified atom stereocenters. The molecule has 0 saturated carbocycles. The highest BCUT2D eigenvalue weighted by Gasteiger charge is 2.40. The van der Waals surface area contributed by atoms with Crippen LogP contribution in [0.3, 0.4) is 0 Å². The van der Waals surface area contributed by atoms with Crippen LogP contribution in [0, 0.1) is 11.3 Å². The quantitative estimate of drug-likeness (QED) is 0.848. The van der Waals surface area contributed by atoms with Gasteiger partial charge in [0.25, 0.3) is 0 Å². The van der Waals surface area contributed by atoms with Gasteiger partial charge >= 0.3 is 0 Å². The normalized spacial score (nSPS) is 24.9. The van der Waals surface area contributed by atoms with Crippen molar-refractivity contribution in [1.82, 2.24) is 4.90 Å². The van der Waals surface area contributed by atoms with Crippen LogP contribution in [-0.2, 0) is 0 Å². The number of rotatable bonds is 2. The van der Waals surface area contributed by atoms with E-state index in [0.29, 0.717) is 5.92 Å². The molecule has 1 aliphatic heterocycles. The lowest BCUT2D eigenvalue weighted by molar-refractivity contribution is 0.414. The van der Waals surface area contributed by atoms with E-state index in [2.05, 4.69) is 54.8 Å². The Hall–Kier alpha value is -1.51. The number of hydrogen-bond acceptors (Lipinski definition) is 2. The summed E-state index contributed by atoms with van der Waals surface area (Å²) in [7, 11) is 2.01. The van der Waals surface area contributed by atoms with Crippen molar-refractivity contribution in [3.05, 3.63) is 30.3 Å². The van der Waals surface area contributed by atoms with Crippen molar-refractivity contribution in [2.45, 2.75) is 33.0 Å². The van der Waals surface area contributed by atoms with Crippen molar-refractivity contribution in [3.63, 3.8) is 0 Å². The number of nitrogens with one attached hydrogen (secondary N) is 1. The lowest BCUT2D eigenvalue weighted by Crippen LogP contribution is -2.40. The van der Waals surface area contributed by atoms with Gasteiger partial charge in [-0.05, 0) is 25.0 Å². The van der Waals surface area contributed by atoms with Crippen molar-refractivity contribution < 1.29 is 0 Å². The van der Waals surface area contributed by atoms with Crippen LogP contribution in [0.25, 0.3) is 0 Å². The van der Waals surface area contributed by atoms with Gasteiger partial charge in [0.1, 0.15) is 12.0 Å². The van der Waals surface area contributed by atoms with E-state index in [0.717, 1.165) is 5.84 Å². The van der Waals surface area contributed by atoms with Gasteiger partial charge in [-0.3, -0.25) is 5.41 Å². The second-order valence-electron chi connectivity index (χ2n) is 5.06. The average Bonchev–Trinajstić information content (AvgIpc) is 2.55. The second kappa shape index (κ2) is 4.40. The number of hydrogen-bond donors (Lipinski definition) is 1. The third-order valence-electron chi connectivity index (χ3n) is 3.61. The Labute approximate surface area is 104 Å². The zero-order valence-corrected chi connectivity index (χ0v) is 11.0. The molecule has 1 fully saturated rings. The van der Waals surface area contributed by atoms with Crippen LogP contribution in [-0.4, -0.2) is 30.0 Å². The van der Waals surface area contributed by atoms with Crippen molar-refractivity contribution >= 4 is 11.5 Å². The largest absolute Gasteiger partial charge is 0.342 e. The molecule has 2 rings (SSSR count). The van der Waals surface area contributed by atoms with E-state index >= 15 is 0 Å². The maximum absolute atomic E-state index is 8.24. The first-order chi connectivity index (χ1) is 8.04. The standard InChI is InChI=1S/C14H21N3/c1-10(2)13-14(15)16(4)11(3)17(13)12-8-6-5-7-9-12/h5-11,13,15H,1-4H3. The summed E-state index contributed by atoms with van der Waals surface area (Å²) in [5.74, 6) is 1.16. The molecule has 2 atom stereocenters. The van der Waals surface area contributed by atoms with Gasteiger partial charge in [-0.15, -0.1) is 0 Å². The Morgan fingerprint density at radius 3 is 2.29 bits per heavy atom. The molecule has 0 aromatic heterocycles. The summed E-state index contributed by atoms with van der Waals surface area (Å²) in [4.78, 5) is 4.39. The molecule has 92 valence electrons. The molecule has 3 nitrogen and oxygen atoms in total. The maximum atomic E-state index is 8.24. The molecule has 0 spiro atoms. The number of benzene rings is 1. The Morgan fingerprint density at radius 1 is 1.18 bits per heavy atom. The van der Waals surface area contributed by atoms with E-state index < -0.39 is 0 Å². The van der Waals surface area contributed by atoms with E-state index in [-0.39, 0.29) is 12.2 Å². The van der Waals surface area contributed by atoms with Gasteiger partial charge in [-0.1, -0.05) is 32.0 Å². The van der Waals surface area contributed by atoms with Crippen molar-refractivity contribution in [2.75, 3.05) is 11.9 Å². The van der Waals surface area contributed by atoms with Gasteiger partial charge in [0.15, 0.2) is 0 Å². The minimum atomic E-state index is 0.178. The van der Waals surface area contributed by atoms with E-state index in [1.807, 2.05) is 13.1 Å². The van der Waals surface area contributed by atoms with Gasteiger partial charge in [0.05, 0.1) is 6.04 Å². The summed E-state index contributed by atoms with van der Waals surface area (Å²) in [6, 6.07) is 10.6. The number of para-hydroxylation sites is 1. The molecule has 1 aliphatic rings. The van der Waals surface area contributed by atoms with E-state index in [1.54, 1.807) is 0 Å². The first kappa shape index (κ1) is 12.0. The lowest BCUT2D eigenvalue weighted by Gasteiger charge is -2.31. The van der Waals surface area contributed by atoms with Crippen molar-refractivity contribution in [2.24, 2.45) is 5.92 Å². The monoisotopic (exact) mass is 231 g/mol. The highest BCUT2D eigenvalue weighted by atomic mass is 15.4. The fraction of sp³-hybridized carbons (Fsp3) is 0.500. The van der Waals surface area contributed by atoms with Gasteiger partial charge in [0, 0.05) is 12.7 Å². The molecule has 1 aromatic carbocycles. The Kier molecular flexibility index (Phi) is 3.09. The summed E-state index contributed by atoms with van der Waals surface area (Å²) < 4.78 is 0.